The molecule has 4 heteroatoms. The van der Waals surface area contributed by atoms with Gasteiger partial charge in [0.1, 0.15) is 0 Å². The molecule has 0 radical (unpaired) electrons. The minimum atomic E-state index is -0.0957. The molecule has 0 amide bonds. The highest BCUT2D eigenvalue weighted by molar-refractivity contribution is 5.56. The van der Waals surface area contributed by atoms with Crippen molar-refractivity contribution in [2.45, 2.75) is 18.8 Å². The molecule has 2 atom stereocenters. The molecular formula is C14H17NO3. The second-order valence-corrected chi connectivity index (χ2v) is 4.72. The normalized spacial score (nSPS) is 25.2. The quantitative estimate of drug-likeness (QED) is 0.820. The summed E-state index contributed by atoms with van der Waals surface area (Å²) in [6.07, 6.45) is 0.877. The smallest absolute Gasteiger partial charge is 0.203 e. The molecule has 1 saturated carbocycles. The molecule has 0 bridgehead atoms. The highest BCUT2D eigenvalue weighted by Crippen LogP contribution is 2.56. The summed E-state index contributed by atoms with van der Waals surface area (Å²) >= 11 is 0. The minimum Gasteiger partial charge on any atom is -0.493 e. The molecule has 2 unspecified atom stereocenters. The van der Waals surface area contributed by atoms with Gasteiger partial charge in [0.25, 0.3) is 0 Å². The summed E-state index contributed by atoms with van der Waals surface area (Å²) in [5.41, 5.74) is 0.963. The molecule has 1 aromatic carbocycles. The lowest BCUT2D eigenvalue weighted by atomic mass is 9.95. The largest absolute Gasteiger partial charge is 0.493 e. The maximum absolute atomic E-state index is 9.02. The first-order valence-electron chi connectivity index (χ1n) is 5.80. The first-order valence-corrected chi connectivity index (χ1v) is 5.80. The van der Waals surface area contributed by atoms with Crippen molar-refractivity contribution in [1.29, 1.82) is 5.26 Å². The van der Waals surface area contributed by atoms with E-state index >= 15 is 0 Å². The Bertz CT molecular complexity index is 481. The van der Waals surface area contributed by atoms with Gasteiger partial charge in [-0.15, -0.1) is 0 Å². The monoisotopic (exact) mass is 247 g/mol. The predicted molar refractivity (Wildman–Crippen MR) is 67.2 cm³/mol. The van der Waals surface area contributed by atoms with E-state index in [0.29, 0.717) is 17.2 Å². The Balaban J connectivity index is 2.49. The van der Waals surface area contributed by atoms with E-state index in [2.05, 4.69) is 13.0 Å². The molecule has 0 spiro atoms. The van der Waals surface area contributed by atoms with Gasteiger partial charge in [0, 0.05) is 5.41 Å². The molecule has 1 aromatic rings. The van der Waals surface area contributed by atoms with Crippen LogP contribution in [-0.4, -0.2) is 21.3 Å². The van der Waals surface area contributed by atoms with E-state index in [-0.39, 0.29) is 11.3 Å². The number of hydrogen-bond acceptors (Lipinski definition) is 4. The third kappa shape index (κ3) is 1.76. The molecule has 18 heavy (non-hydrogen) atoms. The van der Waals surface area contributed by atoms with Gasteiger partial charge in [-0.2, -0.15) is 5.26 Å². The van der Waals surface area contributed by atoms with Crippen LogP contribution in [0.1, 0.15) is 18.9 Å². The van der Waals surface area contributed by atoms with Gasteiger partial charge in [0.2, 0.25) is 5.75 Å². The van der Waals surface area contributed by atoms with Gasteiger partial charge in [-0.05, 0) is 24.1 Å². The van der Waals surface area contributed by atoms with Crippen molar-refractivity contribution < 1.29 is 14.2 Å². The molecule has 4 nitrogen and oxygen atoms in total. The summed E-state index contributed by atoms with van der Waals surface area (Å²) in [7, 11) is 4.77. The summed E-state index contributed by atoms with van der Waals surface area (Å²) in [6.45, 7) is 2.08. The molecule has 0 aliphatic heterocycles. The highest BCUT2D eigenvalue weighted by atomic mass is 16.5. The number of benzene rings is 1. The van der Waals surface area contributed by atoms with Crippen molar-refractivity contribution >= 4 is 0 Å². The Morgan fingerprint density at radius 3 is 2.06 bits per heavy atom. The van der Waals surface area contributed by atoms with Gasteiger partial charge < -0.3 is 14.2 Å². The number of rotatable bonds is 4. The van der Waals surface area contributed by atoms with Crippen molar-refractivity contribution in [2.24, 2.45) is 5.92 Å². The molecule has 0 N–H and O–H groups in total. The Kier molecular flexibility index (Phi) is 3.08. The topological polar surface area (TPSA) is 51.5 Å². The SMILES string of the molecule is COc1cc(C2(C)CC2C#N)cc(OC)c1OC. The van der Waals surface area contributed by atoms with Crippen molar-refractivity contribution in [1.82, 2.24) is 0 Å². The van der Waals surface area contributed by atoms with Gasteiger partial charge in [-0.25, -0.2) is 0 Å². The molecule has 0 heterocycles. The molecule has 96 valence electrons. The molecular weight excluding hydrogens is 230 g/mol. The second-order valence-electron chi connectivity index (χ2n) is 4.72. The molecule has 1 fully saturated rings. The van der Waals surface area contributed by atoms with Crippen molar-refractivity contribution in [3.8, 4) is 23.3 Å². The zero-order valence-corrected chi connectivity index (χ0v) is 11.1. The van der Waals surface area contributed by atoms with Crippen LogP contribution in [-0.2, 0) is 5.41 Å². The summed E-state index contributed by atoms with van der Waals surface area (Å²) in [5.74, 6) is 1.93. The summed E-state index contributed by atoms with van der Waals surface area (Å²) in [5, 5.41) is 9.02. The van der Waals surface area contributed by atoms with Crippen LogP contribution in [0, 0.1) is 17.2 Å². The zero-order chi connectivity index (χ0) is 13.3. The summed E-state index contributed by atoms with van der Waals surface area (Å²) in [6, 6.07) is 6.18. The fourth-order valence-corrected chi connectivity index (χ4v) is 2.28. The van der Waals surface area contributed by atoms with E-state index in [1.807, 2.05) is 12.1 Å². The maximum atomic E-state index is 9.02. The Labute approximate surface area is 107 Å². The van der Waals surface area contributed by atoms with E-state index in [0.717, 1.165) is 12.0 Å². The highest BCUT2D eigenvalue weighted by Gasteiger charge is 2.52. The maximum Gasteiger partial charge on any atom is 0.203 e. The number of nitrogens with zero attached hydrogens (tertiary/aromatic N) is 1. The third-order valence-corrected chi connectivity index (χ3v) is 3.72. The van der Waals surface area contributed by atoms with Gasteiger partial charge >= 0.3 is 0 Å². The predicted octanol–water partition coefficient (Wildman–Crippen LogP) is 2.51. The van der Waals surface area contributed by atoms with Crippen LogP contribution in [0.2, 0.25) is 0 Å². The van der Waals surface area contributed by atoms with Gasteiger partial charge in [0.05, 0.1) is 33.3 Å². The molecule has 0 saturated heterocycles. The van der Waals surface area contributed by atoms with Crippen LogP contribution >= 0.6 is 0 Å². The van der Waals surface area contributed by atoms with E-state index in [9.17, 15) is 0 Å². The average molecular weight is 247 g/mol. The molecule has 0 aromatic heterocycles. The van der Waals surface area contributed by atoms with E-state index in [1.54, 1.807) is 21.3 Å². The fourth-order valence-electron chi connectivity index (χ4n) is 2.28. The lowest BCUT2D eigenvalue weighted by Crippen LogP contribution is -2.06. The molecule has 1 aliphatic carbocycles. The van der Waals surface area contributed by atoms with Crippen LogP contribution < -0.4 is 14.2 Å². The minimum absolute atomic E-state index is 0.0697. The lowest BCUT2D eigenvalue weighted by Gasteiger charge is -2.17. The first kappa shape index (κ1) is 12.6. The van der Waals surface area contributed by atoms with Gasteiger partial charge in [-0.3, -0.25) is 0 Å². The molecule has 2 rings (SSSR count). The number of nitriles is 1. The van der Waals surface area contributed by atoms with Crippen LogP contribution in [0.15, 0.2) is 12.1 Å². The standard InChI is InChI=1S/C14H17NO3/c1-14(7-10(14)8-15)9-5-11(16-2)13(18-4)12(6-9)17-3/h5-6,10H,7H2,1-4H3. The van der Waals surface area contributed by atoms with Crippen LogP contribution in [0.25, 0.3) is 0 Å². The number of ether oxygens (including phenoxy) is 3. The number of methoxy groups -OCH3 is 3. The lowest BCUT2D eigenvalue weighted by molar-refractivity contribution is 0.323. The van der Waals surface area contributed by atoms with E-state index in [1.165, 1.54) is 0 Å². The van der Waals surface area contributed by atoms with Crippen LogP contribution in [0.4, 0.5) is 0 Å². The fraction of sp³-hybridized carbons (Fsp3) is 0.500. The van der Waals surface area contributed by atoms with E-state index in [4.69, 9.17) is 19.5 Å². The summed E-state index contributed by atoms with van der Waals surface area (Å²) < 4.78 is 15.9. The molecule has 1 aliphatic rings. The Morgan fingerprint density at radius 2 is 1.72 bits per heavy atom. The Morgan fingerprint density at radius 1 is 1.17 bits per heavy atom. The van der Waals surface area contributed by atoms with Crippen molar-refractivity contribution in [3.63, 3.8) is 0 Å². The number of hydrogen-bond donors (Lipinski definition) is 0. The van der Waals surface area contributed by atoms with E-state index < -0.39 is 0 Å². The first-order chi connectivity index (χ1) is 8.60. The van der Waals surface area contributed by atoms with Crippen molar-refractivity contribution in [3.05, 3.63) is 17.7 Å². The summed E-state index contributed by atoms with van der Waals surface area (Å²) in [4.78, 5) is 0. The van der Waals surface area contributed by atoms with Gasteiger partial charge in [0.15, 0.2) is 11.5 Å². The zero-order valence-electron chi connectivity index (χ0n) is 11.1. The van der Waals surface area contributed by atoms with Gasteiger partial charge in [-0.1, -0.05) is 6.92 Å². The third-order valence-electron chi connectivity index (χ3n) is 3.72. The average Bonchev–Trinajstić information content (AvgIpc) is 3.09. The van der Waals surface area contributed by atoms with Crippen LogP contribution in [0.5, 0.6) is 17.2 Å². The second kappa shape index (κ2) is 4.41. The van der Waals surface area contributed by atoms with Crippen molar-refractivity contribution in [2.75, 3.05) is 21.3 Å². The van der Waals surface area contributed by atoms with Crippen LogP contribution in [0.3, 0.4) is 0 Å². The Hall–Kier alpha value is -1.89.